The maximum Gasteiger partial charge on any atom is 1.00 e. The Morgan fingerprint density at radius 1 is 1.43 bits per heavy atom. The monoisotopic (exact) mass is 230 g/mol. The molecule has 1 saturated heterocycles. The first-order chi connectivity index (χ1) is 5.95. The van der Waals surface area contributed by atoms with E-state index in [9.17, 15) is 0 Å². The van der Waals surface area contributed by atoms with Crippen LogP contribution >= 0.6 is 0 Å². The molecule has 2 atom stereocenters. The van der Waals surface area contributed by atoms with E-state index in [0.29, 0.717) is 6.04 Å². The van der Waals surface area contributed by atoms with E-state index in [-0.39, 0.29) is 29.6 Å². The smallest absolute Gasteiger partial charge is 0.643 e. The summed E-state index contributed by atoms with van der Waals surface area (Å²) in [6, 6.07) is 0.531. The van der Waals surface area contributed by atoms with Gasteiger partial charge < -0.3 is 10.2 Å². The van der Waals surface area contributed by atoms with Crippen molar-refractivity contribution in [3.8, 4) is 0 Å². The van der Waals surface area contributed by atoms with Gasteiger partial charge in [0.05, 0.1) is 0 Å². The normalized spacial score (nSPS) is 28.7. The van der Waals surface area contributed by atoms with Gasteiger partial charge in [0.2, 0.25) is 0 Å². The Morgan fingerprint density at radius 2 is 2.00 bits per heavy atom. The van der Waals surface area contributed by atoms with Gasteiger partial charge in [0, 0.05) is 6.54 Å². The minimum absolute atomic E-state index is 0. The van der Waals surface area contributed by atoms with Crippen LogP contribution in [0.15, 0.2) is 12.2 Å². The van der Waals surface area contributed by atoms with Crippen LogP contribution < -0.4 is 29.6 Å². The first-order valence-electron chi connectivity index (χ1n) is 3.70. The van der Waals surface area contributed by atoms with Crippen LogP contribution in [-0.2, 0) is 10.4 Å². The largest absolute Gasteiger partial charge is 1.00 e. The minimum atomic E-state index is -4.67. The second-order valence-corrected chi connectivity index (χ2v) is 3.70. The van der Waals surface area contributed by atoms with E-state index in [2.05, 4.69) is 22.4 Å². The summed E-state index contributed by atoms with van der Waals surface area (Å²) in [5.41, 5.74) is 0. The Hall–Kier alpha value is 0.530. The molecule has 2 N–H and O–H groups in total. The number of rotatable bonds is 0. The standard InChI is InChI=1S/C6H9N2.Na.H2O4S/c1-2-6-4-8(3-1)5-7-6;;1-5(2,3)4/h1-2,6H,3-5H2;;(H2,1,2,3,4)/q-1;+1;. The van der Waals surface area contributed by atoms with Crippen LogP contribution in [0.3, 0.4) is 0 Å². The van der Waals surface area contributed by atoms with Gasteiger partial charge in [0.15, 0.2) is 0 Å². The molecule has 0 aromatic carbocycles. The van der Waals surface area contributed by atoms with Crippen molar-refractivity contribution in [2.24, 2.45) is 0 Å². The second-order valence-electron chi connectivity index (χ2n) is 2.80. The summed E-state index contributed by atoms with van der Waals surface area (Å²) in [5, 5.41) is 4.34. The first-order valence-corrected chi connectivity index (χ1v) is 5.10. The minimum Gasteiger partial charge on any atom is -0.643 e. The van der Waals surface area contributed by atoms with E-state index in [1.807, 2.05) is 0 Å². The van der Waals surface area contributed by atoms with Crippen molar-refractivity contribution in [2.45, 2.75) is 6.04 Å². The molecule has 0 aromatic rings. The van der Waals surface area contributed by atoms with Crippen LogP contribution in [0, 0.1) is 0 Å². The van der Waals surface area contributed by atoms with Crippen molar-refractivity contribution in [2.75, 3.05) is 19.8 Å². The molecule has 0 spiro atoms. The molecule has 2 unspecified atom stereocenters. The fourth-order valence-electron chi connectivity index (χ4n) is 1.22. The van der Waals surface area contributed by atoms with Crippen LogP contribution in [0.4, 0.5) is 0 Å². The summed E-state index contributed by atoms with van der Waals surface area (Å²) in [6.07, 6.45) is 4.40. The molecule has 8 heteroatoms. The number of nitrogens with zero attached hydrogens (tertiary/aromatic N) is 2. The third kappa shape index (κ3) is 6.91. The van der Waals surface area contributed by atoms with Crippen LogP contribution in [0.2, 0.25) is 0 Å². The molecule has 0 aromatic heterocycles. The molecule has 1 fully saturated rings. The van der Waals surface area contributed by atoms with Crippen LogP contribution in [0.5, 0.6) is 0 Å². The molecule has 0 radical (unpaired) electrons. The topological polar surface area (TPSA) is 91.9 Å². The zero-order valence-electron chi connectivity index (χ0n) is 7.87. The molecule has 0 amide bonds. The van der Waals surface area contributed by atoms with Crippen LogP contribution in [0.1, 0.15) is 0 Å². The van der Waals surface area contributed by atoms with Crippen molar-refractivity contribution in [1.82, 2.24) is 4.90 Å². The summed E-state index contributed by atoms with van der Waals surface area (Å²) in [5.74, 6) is 0. The number of fused-ring (bicyclic) bond motifs is 2. The van der Waals surface area contributed by atoms with Crippen LogP contribution in [0.25, 0.3) is 5.32 Å². The van der Waals surface area contributed by atoms with Gasteiger partial charge in [0.25, 0.3) is 0 Å². The van der Waals surface area contributed by atoms with E-state index >= 15 is 0 Å². The number of hydrogen-bond acceptors (Lipinski definition) is 3. The SMILES string of the molecule is C1=CC2CN(C1)C[N-]2.O=S(=O)(O)O.[Na+]. The second kappa shape index (κ2) is 6.19. The summed E-state index contributed by atoms with van der Waals surface area (Å²) in [6.45, 7) is 3.23. The summed E-state index contributed by atoms with van der Waals surface area (Å²) in [4.78, 5) is 2.34. The van der Waals surface area contributed by atoms with Crippen molar-refractivity contribution in [3.05, 3.63) is 17.5 Å². The zero-order valence-corrected chi connectivity index (χ0v) is 10.7. The molecular weight excluding hydrogens is 219 g/mol. The maximum absolute atomic E-state index is 8.74. The molecule has 0 saturated carbocycles. The Kier molecular flexibility index (Phi) is 6.42. The summed E-state index contributed by atoms with van der Waals surface area (Å²) < 4.78 is 31.6. The Morgan fingerprint density at radius 3 is 2.43 bits per heavy atom. The molecule has 6 nitrogen and oxygen atoms in total. The summed E-state index contributed by atoms with van der Waals surface area (Å²) in [7, 11) is -4.67. The van der Waals surface area contributed by atoms with Crippen molar-refractivity contribution in [3.63, 3.8) is 0 Å². The molecule has 14 heavy (non-hydrogen) atoms. The van der Waals surface area contributed by atoms with Gasteiger partial charge in [-0.3, -0.25) is 9.11 Å². The molecule has 2 aliphatic heterocycles. The van der Waals surface area contributed by atoms with Gasteiger partial charge in [-0.25, -0.2) is 0 Å². The van der Waals surface area contributed by atoms with Crippen LogP contribution in [-0.4, -0.2) is 48.2 Å². The van der Waals surface area contributed by atoms with Crippen molar-refractivity contribution < 1.29 is 47.1 Å². The Labute approximate surface area is 105 Å². The predicted molar refractivity (Wildman–Crippen MR) is 46.9 cm³/mol. The van der Waals surface area contributed by atoms with E-state index in [0.717, 1.165) is 19.8 Å². The fraction of sp³-hybridized carbons (Fsp3) is 0.667. The average Bonchev–Trinajstić information content (AvgIpc) is 2.27. The van der Waals surface area contributed by atoms with Crippen molar-refractivity contribution in [1.29, 1.82) is 0 Å². The maximum atomic E-state index is 8.74. The third-order valence-corrected chi connectivity index (χ3v) is 1.68. The molecule has 2 heterocycles. The Balaban J connectivity index is 0.000000253. The van der Waals surface area contributed by atoms with Gasteiger partial charge in [-0.05, 0) is 6.54 Å². The summed E-state index contributed by atoms with van der Waals surface area (Å²) >= 11 is 0. The molecule has 2 bridgehead atoms. The first kappa shape index (κ1) is 14.5. The number of hydrogen-bond donors (Lipinski definition) is 2. The van der Waals surface area contributed by atoms with E-state index < -0.39 is 10.4 Å². The third-order valence-electron chi connectivity index (χ3n) is 1.68. The van der Waals surface area contributed by atoms with E-state index in [1.54, 1.807) is 0 Å². The van der Waals surface area contributed by atoms with Gasteiger partial charge in [-0.15, -0.1) is 12.1 Å². The predicted octanol–water partition coefficient (Wildman–Crippen LogP) is -3.08. The van der Waals surface area contributed by atoms with Gasteiger partial charge in [0.1, 0.15) is 0 Å². The molecule has 2 rings (SSSR count). The van der Waals surface area contributed by atoms with Gasteiger partial charge in [-0.1, -0.05) is 12.7 Å². The molecule has 0 aliphatic carbocycles. The van der Waals surface area contributed by atoms with Crippen molar-refractivity contribution >= 4 is 10.4 Å². The van der Waals surface area contributed by atoms with Gasteiger partial charge >= 0.3 is 40.0 Å². The molecule has 76 valence electrons. The Bertz CT molecular complexity index is 284. The quantitative estimate of drug-likeness (QED) is 0.261. The van der Waals surface area contributed by atoms with Gasteiger partial charge in [-0.2, -0.15) is 8.42 Å². The van der Waals surface area contributed by atoms with E-state index in [4.69, 9.17) is 17.5 Å². The van der Waals surface area contributed by atoms with E-state index in [1.165, 1.54) is 0 Å². The fourth-order valence-corrected chi connectivity index (χ4v) is 1.22. The molecule has 2 aliphatic rings. The molecular formula is C6H11N2NaO4S. The average molecular weight is 230 g/mol. The zero-order chi connectivity index (χ0) is 9.90.